The lowest BCUT2D eigenvalue weighted by Crippen LogP contribution is -2.22. The third-order valence-electron chi connectivity index (χ3n) is 3.38. The average Bonchev–Trinajstić information content (AvgIpc) is 2.72. The predicted molar refractivity (Wildman–Crippen MR) is 71.1 cm³/mol. The predicted octanol–water partition coefficient (Wildman–Crippen LogP) is 2.00. The van der Waals surface area contributed by atoms with E-state index < -0.39 is 0 Å². The Morgan fingerprint density at radius 3 is 3.12 bits per heavy atom. The van der Waals surface area contributed by atoms with Crippen molar-refractivity contribution < 1.29 is 0 Å². The van der Waals surface area contributed by atoms with Crippen LogP contribution in [0.25, 0.3) is 0 Å². The van der Waals surface area contributed by atoms with E-state index in [4.69, 9.17) is 0 Å². The van der Waals surface area contributed by atoms with Crippen LogP contribution in [0.15, 0.2) is 18.3 Å². The van der Waals surface area contributed by atoms with Gasteiger partial charge in [-0.15, -0.1) is 0 Å². The second-order valence-corrected chi connectivity index (χ2v) is 5.10. The number of aryl methyl sites for hydroxylation is 1. The highest BCUT2D eigenvalue weighted by Gasteiger charge is 2.22. The summed E-state index contributed by atoms with van der Waals surface area (Å²) in [5, 5.41) is 3.63. The molecule has 0 bridgehead atoms. The fourth-order valence-electron chi connectivity index (χ4n) is 2.44. The number of rotatable bonds is 6. The summed E-state index contributed by atoms with van der Waals surface area (Å²) >= 11 is 0. The van der Waals surface area contributed by atoms with Gasteiger partial charge in [0.2, 0.25) is 0 Å². The van der Waals surface area contributed by atoms with Gasteiger partial charge in [0, 0.05) is 6.20 Å². The van der Waals surface area contributed by atoms with E-state index in [0.717, 1.165) is 6.54 Å². The molecule has 94 valence electrons. The molecule has 1 N–H and O–H groups in total. The van der Waals surface area contributed by atoms with Gasteiger partial charge in [-0.25, -0.2) is 0 Å². The topological polar surface area (TPSA) is 28.2 Å². The van der Waals surface area contributed by atoms with Crippen molar-refractivity contribution in [3.8, 4) is 0 Å². The molecule has 0 saturated carbocycles. The Kier molecular flexibility index (Phi) is 4.51. The van der Waals surface area contributed by atoms with Crippen LogP contribution in [-0.4, -0.2) is 37.1 Å². The van der Waals surface area contributed by atoms with Crippen molar-refractivity contribution in [3.63, 3.8) is 0 Å². The van der Waals surface area contributed by atoms with Crippen molar-refractivity contribution >= 4 is 0 Å². The molecule has 1 aromatic heterocycles. The van der Waals surface area contributed by atoms with Crippen LogP contribution in [0.1, 0.15) is 36.6 Å². The van der Waals surface area contributed by atoms with E-state index in [2.05, 4.69) is 35.4 Å². The molecule has 0 amide bonds. The number of pyridine rings is 1. The number of fused-ring (bicyclic) bond motifs is 1. The summed E-state index contributed by atoms with van der Waals surface area (Å²) in [6.45, 7) is 2.29. The van der Waals surface area contributed by atoms with Crippen molar-refractivity contribution in [1.29, 1.82) is 0 Å². The monoisotopic (exact) mass is 233 g/mol. The molecular weight excluding hydrogens is 210 g/mol. The van der Waals surface area contributed by atoms with Gasteiger partial charge in [-0.1, -0.05) is 6.07 Å². The van der Waals surface area contributed by atoms with Crippen LogP contribution in [0.4, 0.5) is 0 Å². The van der Waals surface area contributed by atoms with Gasteiger partial charge in [0.15, 0.2) is 0 Å². The Bertz CT molecular complexity index is 349. The number of hydrogen-bond acceptors (Lipinski definition) is 3. The van der Waals surface area contributed by atoms with Crippen LogP contribution in [0.3, 0.4) is 0 Å². The standard InChI is InChI=1S/C14H23N3/c1-17(2)11-4-3-9-15-13-8-7-12-6-5-10-16-14(12)13/h5-6,10,13,15H,3-4,7-9,11H2,1-2H3. The summed E-state index contributed by atoms with van der Waals surface area (Å²) in [5.41, 5.74) is 2.71. The summed E-state index contributed by atoms with van der Waals surface area (Å²) in [5.74, 6) is 0. The SMILES string of the molecule is CN(C)CCCCNC1CCc2cccnc21. The van der Waals surface area contributed by atoms with E-state index in [0.29, 0.717) is 6.04 Å². The van der Waals surface area contributed by atoms with E-state index in [-0.39, 0.29) is 0 Å². The minimum Gasteiger partial charge on any atom is -0.309 e. The van der Waals surface area contributed by atoms with Crippen molar-refractivity contribution in [2.75, 3.05) is 27.2 Å². The molecule has 1 aliphatic carbocycles. The van der Waals surface area contributed by atoms with Gasteiger partial charge < -0.3 is 10.2 Å². The third-order valence-corrected chi connectivity index (χ3v) is 3.38. The number of nitrogens with zero attached hydrogens (tertiary/aromatic N) is 2. The van der Waals surface area contributed by atoms with Gasteiger partial charge in [0.1, 0.15) is 0 Å². The van der Waals surface area contributed by atoms with E-state index in [1.807, 2.05) is 12.3 Å². The van der Waals surface area contributed by atoms with Crippen molar-refractivity contribution in [2.24, 2.45) is 0 Å². The Labute approximate surface area is 104 Å². The largest absolute Gasteiger partial charge is 0.309 e. The van der Waals surface area contributed by atoms with Gasteiger partial charge in [-0.2, -0.15) is 0 Å². The molecule has 1 aromatic rings. The van der Waals surface area contributed by atoms with Crippen molar-refractivity contribution in [2.45, 2.75) is 31.7 Å². The average molecular weight is 233 g/mol. The first kappa shape index (κ1) is 12.5. The van der Waals surface area contributed by atoms with Crippen LogP contribution in [-0.2, 0) is 6.42 Å². The molecule has 0 aliphatic heterocycles. The maximum Gasteiger partial charge on any atom is 0.0605 e. The van der Waals surface area contributed by atoms with Crippen molar-refractivity contribution in [3.05, 3.63) is 29.6 Å². The fourth-order valence-corrected chi connectivity index (χ4v) is 2.44. The van der Waals surface area contributed by atoms with Gasteiger partial charge in [0.25, 0.3) is 0 Å². The van der Waals surface area contributed by atoms with E-state index in [1.54, 1.807) is 0 Å². The van der Waals surface area contributed by atoms with Gasteiger partial charge in [-0.3, -0.25) is 4.98 Å². The Hall–Kier alpha value is -0.930. The van der Waals surface area contributed by atoms with E-state index in [9.17, 15) is 0 Å². The molecular formula is C14H23N3. The number of hydrogen-bond donors (Lipinski definition) is 1. The lowest BCUT2D eigenvalue weighted by molar-refractivity contribution is 0.387. The lowest BCUT2D eigenvalue weighted by atomic mass is 10.2. The number of nitrogens with one attached hydrogen (secondary N) is 1. The van der Waals surface area contributed by atoms with Gasteiger partial charge in [-0.05, 0) is 64.5 Å². The van der Waals surface area contributed by atoms with Crippen LogP contribution in [0.5, 0.6) is 0 Å². The molecule has 3 nitrogen and oxygen atoms in total. The summed E-state index contributed by atoms with van der Waals surface area (Å²) in [4.78, 5) is 6.74. The van der Waals surface area contributed by atoms with E-state index >= 15 is 0 Å². The second-order valence-electron chi connectivity index (χ2n) is 5.10. The molecule has 17 heavy (non-hydrogen) atoms. The normalized spacial score (nSPS) is 18.6. The zero-order chi connectivity index (χ0) is 12.1. The van der Waals surface area contributed by atoms with Crippen molar-refractivity contribution in [1.82, 2.24) is 15.2 Å². The molecule has 0 fully saturated rings. The second kappa shape index (κ2) is 6.12. The molecule has 1 heterocycles. The first-order valence-corrected chi connectivity index (χ1v) is 6.59. The summed E-state index contributed by atoms with van der Waals surface area (Å²) < 4.78 is 0. The summed E-state index contributed by atoms with van der Waals surface area (Å²) in [6.07, 6.45) is 6.81. The minimum absolute atomic E-state index is 0.491. The molecule has 1 unspecified atom stereocenters. The Morgan fingerprint density at radius 2 is 2.29 bits per heavy atom. The summed E-state index contributed by atoms with van der Waals surface area (Å²) in [6, 6.07) is 4.74. The van der Waals surface area contributed by atoms with Crippen LogP contribution in [0.2, 0.25) is 0 Å². The molecule has 3 heteroatoms. The van der Waals surface area contributed by atoms with Crippen LogP contribution >= 0.6 is 0 Å². The fraction of sp³-hybridized carbons (Fsp3) is 0.643. The summed E-state index contributed by atoms with van der Waals surface area (Å²) in [7, 11) is 4.26. The lowest BCUT2D eigenvalue weighted by Gasteiger charge is -2.14. The molecule has 2 rings (SSSR count). The molecule has 0 saturated heterocycles. The van der Waals surface area contributed by atoms with Gasteiger partial charge >= 0.3 is 0 Å². The van der Waals surface area contributed by atoms with E-state index in [1.165, 1.54) is 43.5 Å². The molecule has 0 spiro atoms. The maximum absolute atomic E-state index is 4.50. The first-order valence-electron chi connectivity index (χ1n) is 6.59. The first-order chi connectivity index (χ1) is 8.27. The third kappa shape index (κ3) is 3.51. The quantitative estimate of drug-likeness (QED) is 0.762. The minimum atomic E-state index is 0.491. The van der Waals surface area contributed by atoms with Gasteiger partial charge in [0.05, 0.1) is 11.7 Å². The number of aromatic nitrogens is 1. The molecule has 1 aliphatic rings. The highest BCUT2D eigenvalue weighted by Crippen LogP contribution is 2.28. The zero-order valence-electron chi connectivity index (χ0n) is 10.9. The Balaban J connectivity index is 1.71. The maximum atomic E-state index is 4.50. The molecule has 0 aromatic carbocycles. The zero-order valence-corrected chi connectivity index (χ0v) is 10.9. The smallest absolute Gasteiger partial charge is 0.0605 e. The Morgan fingerprint density at radius 1 is 1.41 bits per heavy atom. The number of unbranched alkanes of at least 4 members (excludes halogenated alkanes) is 1. The van der Waals surface area contributed by atoms with Crippen LogP contribution in [0, 0.1) is 0 Å². The van der Waals surface area contributed by atoms with Crippen LogP contribution < -0.4 is 5.32 Å². The highest BCUT2D eigenvalue weighted by atomic mass is 15.0. The highest BCUT2D eigenvalue weighted by molar-refractivity contribution is 5.27. The molecule has 1 atom stereocenters. The molecule has 0 radical (unpaired) electrons.